The van der Waals surface area contributed by atoms with Crippen LogP contribution in [0.25, 0.3) is 71.7 Å². The molecule has 0 N–H and O–H groups in total. The van der Waals surface area contributed by atoms with Crippen LogP contribution in [0.15, 0.2) is 205 Å². The average Bonchev–Trinajstić information content (AvgIpc) is 4.03. The van der Waals surface area contributed by atoms with Crippen LogP contribution in [0, 0.1) is 0 Å². The molecular formula is C58H42N2OSi. The molecule has 62 heavy (non-hydrogen) atoms. The Morgan fingerprint density at radius 1 is 0.468 bits per heavy atom. The molecule has 0 saturated carbocycles. The highest BCUT2D eigenvalue weighted by Crippen LogP contribution is 2.65. The van der Waals surface area contributed by atoms with E-state index in [9.17, 15) is 0 Å². The van der Waals surface area contributed by atoms with Crippen molar-refractivity contribution < 1.29 is 4.42 Å². The lowest BCUT2D eigenvalue weighted by molar-refractivity contribution is 0.669. The minimum atomic E-state index is -1.60. The molecule has 294 valence electrons. The monoisotopic (exact) mass is 810 g/mol. The number of fused-ring (bicyclic) bond motifs is 17. The maximum absolute atomic E-state index is 7.22. The zero-order chi connectivity index (χ0) is 41.3. The normalized spacial score (nSPS) is 13.5. The van der Waals surface area contributed by atoms with Gasteiger partial charge in [-0.15, -0.1) is 0 Å². The summed E-state index contributed by atoms with van der Waals surface area (Å²) in [5.41, 5.74) is 18.2. The second kappa shape index (κ2) is 12.8. The lowest BCUT2D eigenvalue weighted by Gasteiger charge is -2.32. The van der Waals surface area contributed by atoms with Gasteiger partial charge in [0, 0.05) is 38.8 Å². The molecule has 11 aromatic rings. The Labute approximate surface area is 361 Å². The lowest BCUT2D eigenvalue weighted by Crippen LogP contribution is -2.37. The molecule has 2 aliphatic rings. The van der Waals surface area contributed by atoms with Gasteiger partial charge in [0.1, 0.15) is 11.2 Å². The Hall–Kier alpha value is -7.40. The van der Waals surface area contributed by atoms with Gasteiger partial charge in [-0.2, -0.15) is 0 Å². The second-order valence-electron chi connectivity index (χ2n) is 18.0. The first-order valence-electron chi connectivity index (χ1n) is 21.7. The van der Waals surface area contributed by atoms with Crippen LogP contribution in [0.4, 0.5) is 17.1 Å². The highest BCUT2D eigenvalue weighted by atomic mass is 28.3. The number of anilines is 3. The quantitative estimate of drug-likeness (QED) is 0.162. The van der Waals surface area contributed by atoms with Gasteiger partial charge in [0.15, 0.2) is 0 Å². The fourth-order valence-corrected chi connectivity index (χ4v) is 12.3. The van der Waals surface area contributed by atoms with E-state index in [1.807, 2.05) is 0 Å². The predicted molar refractivity (Wildman–Crippen MR) is 262 cm³/mol. The van der Waals surface area contributed by atoms with Gasteiger partial charge in [-0.05, 0) is 93.5 Å². The molecule has 13 rings (SSSR count). The largest absolute Gasteiger partial charge is 0.455 e. The Kier molecular flexibility index (Phi) is 7.30. The average molecular weight is 811 g/mol. The van der Waals surface area contributed by atoms with Crippen molar-refractivity contribution in [1.82, 2.24) is 4.57 Å². The van der Waals surface area contributed by atoms with Gasteiger partial charge < -0.3 is 13.9 Å². The minimum absolute atomic E-state index is 0.544. The van der Waals surface area contributed by atoms with Gasteiger partial charge in [0.05, 0.1) is 35.6 Å². The summed E-state index contributed by atoms with van der Waals surface area (Å²) in [5, 5.41) is 6.12. The van der Waals surface area contributed by atoms with E-state index in [0.717, 1.165) is 50.2 Å². The lowest BCUT2D eigenvalue weighted by atomic mass is 9.70. The first-order valence-corrected chi connectivity index (χ1v) is 25.2. The third-order valence-electron chi connectivity index (χ3n) is 13.7. The third-order valence-corrected chi connectivity index (χ3v) is 15.8. The molecule has 2 aliphatic carbocycles. The molecule has 0 fully saturated rings. The molecular weight excluding hydrogens is 769 g/mol. The van der Waals surface area contributed by atoms with Gasteiger partial charge in [-0.3, -0.25) is 0 Å². The third kappa shape index (κ3) is 4.70. The summed E-state index contributed by atoms with van der Waals surface area (Å²) in [4.78, 5) is 2.51. The standard InChI is InChI=1S/C58H42N2OSi/c1-62(2,3)40-32-29-38(30-33-40)59(39-31-34-44-43-21-10-15-27-51(43)60(52(44)35-39)37-17-5-4-6-18-37)53-36-50-55(57-56(53)46-23-11-16-28-54(46)61-57)45-22-9-14-26-49(45)58(50)47-24-12-7-19-41(47)42-20-8-13-25-48(42)58/h4-36H,1-3H3. The Morgan fingerprint density at radius 3 is 1.74 bits per heavy atom. The minimum Gasteiger partial charge on any atom is -0.455 e. The summed E-state index contributed by atoms with van der Waals surface area (Å²) < 4.78 is 9.64. The maximum atomic E-state index is 7.22. The van der Waals surface area contributed by atoms with Crippen molar-refractivity contribution in [2.45, 2.75) is 25.1 Å². The van der Waals surface area contributed by atoms with Crippen LogP contribution >= 0.6 is 0 Å². The molecule has 2 aromatic heterocycles. The molecule has 9 aromatic carbocycles. The van der Waals surface area contributed by atoms with E-state index >= 15 is 0 Å². The van der Waals surface area contributed by atoms with Crippen LogP contribution in [0.5, 0.6) is 0 Å². The number of furan rings is 1. The van der Waals surface area contributed by atoms with Gasteiger partial charge in [0.2, 0.25) is 0 Å². The van der Waals surface area contributed by atoms with Gasteiger partial charge in [-0.1, -0.05) is 170 Å². The molecule has 0 unspecified atom stereocenters. The smallest absolute Gasteiger partial charge is 0.145 e. The van der Waals surface area contributed by atoms with Crippen LogP contribution in [-0.4, -0.2) is 12.6 Å². The number of nitrogens with zero attached hydrogens (tertiary/aromatic N) is 2. The highest BCUT2D eigenvalue weighted by molar-refractivity contribution is 6.88. The van der Waals surface area contributed by atoms with Gasteiger partial charge >= 0.3 is 0 Å². The van der Waals surface area contributed by atoms with Crippen molar-refractivity contribution in [3.8, 4) is 27.9 Å². The maximum Gasteiger partial charge on any atom is 0.145 e. The fraction of sp³-hybridized carbons (Fsp3) is 0.0690. The van der Waals surface area contributed by atoms with E-state index < -0.39 is 13.5 Å². The number of benzene rings is 9. The first-order chi connectivity index (χ1) is 30.4. The van der Waals surface area contributed by atoms with Crippen LogP contribution in [0.3, 0.4) is 0 Å². The van der Waals surface area contributed by atoms with Crippen molar-refractivity contribution in [3.05, 3.63) is 222 Å². The fourth-order valence-electron chi connectivity index (χ4n) is 11.1. The molecule has 4 heteroatoms. The molecule has 0 saturated heterocycles. The van der Waals surface area contributed by atoms with E-state index in [2.05, 4.69) is 229 Å². The molecule has 0 bridgehead atoms. The molecule has 0 atom stereocenters. The summed E-state index contributed by atoms with van der Waals surface area (Å²) in [6.45, 7) is 7.27. The van der Waals surface area contributed by atoms with Crippen molar-refractivity contribution in [2.24, 2.45) is 0 Å². The number of para-hydroxylation sites is 3. The van der Waals surface area contributed by atoms with Crippen molar-refractivity contribution in [1.29, 1.82) is 0 Å². The van der Waals surface area contributed by atoms with Gasteiger partial charge in [-0.25, -0.2) is 0 Å². The number of hydrogen-bond acceptors (Lipinski definition) is 2. The van der Waals surface area contributed by atoms with Crippen molar-refractivity contribution in [3.63, 3.8) is 0 Å². The van der Waals surface area contributed by atoms with E-state index in [-0.39, 0.29) is 0 Å². The van der Waals surface area contributed by atoms with E-state index in [1.54, 1.807) is 0 Å². The summed E-state index contributed by atoms with van der Waals surface area (Å²) in [6, 6.07) is 74.3. The zero-order valence-electron chi connectivity index (χ0n) is 34.9. The topological polar surface area (TPSA) is 21.3 Å². The van der Waals surface area contributed by atoms with Crippen molar-refractivity contribution in [2.75, 3.05) is 4.90 Å². The summed E-state index contributed by atoms with van der Waals surface area (Å²) in [5.74, 6) is 0. The van der Waals surface area contributed by atoms with E-state index in [1.165, 1.54) is 66.0 Å². The van der Waals surface area contributed by atoms with Crippen molar-refractivity contribution >= 4 is 74.1 Å². The summed E-state index contributed by atoms with van der Waals surface area (Å²) >= 11 is 0. The van der Waals surface area contributed by atoms with Crippen LogP contribution in [0.1, 0.15) is 22.3 Å². The Balaban J connectivity index is 1.18. The zero-order valence-corrected chi connectivity index (χ0v) is 35.9. The summed E-state index contributed by atoms with van der Waals surface area (Å²) in [6.07, 6.45) is 0. The predicted octanol–water partition coefficient (Wildman–Crippen LogP) is 15.0. The SMILES string of the molecule is C[Si](C)(C)c1ccc(N(c2ccc3c4ccccc4n(-c4ccccc4)c3c2)c2cc3c(c4oc5ccccc5c24)-c2ccccc2C32c3ccccc3-c3ccccc32)cc1. The molecule has 0 amide bonds. The summed E-state index contributed by atoms with van der Waals surface area (Å²) in [7, 11) is -1.60. The molecule has 0 aliphatic heterocycles. The van der Waals surface area contributed by atoms with Crippen LogP contribution < -0.4 is 10.1 Å². The number of rotatable bonds is 5. The first kappa shape index (κ1) is 35.4. The second-order valence-corrected chi connectivity index (χ2v) is 23.1. The number of hydrogen-bond donors (Lipinski definition) is 0. The van der Waals surface area contributed by atoms with Gasteiger partial charge in [0.25, 0.3) is 0 Å². The Morgan fingerprint density at radius 2 is 1.03 bits per heavy atom. The highest BCUT2D eigenvalue weighted by Gasteiger charge is 2.53. The van der Waals surface area contributed by atoms with E-state index in [0.29, 0.717) is 0 Å². The molecule has 1 spiro atoms. The molecule has 0 radical (unpaired) electrons. The molecule has 2 heterocycles. The molecule has 3 nitrogen and oxygen atoms in total. The van der Waals surface area contributed by atoms with E-state index in [4.69, 9.17) is 4.42 Å². The van der Waals surface area contributed by atoms with Crippen LogP contribution in [0.2, 0.25) is 19.6 Å². The van der Waals surface area contributed by atoms with Crippen LogP contribution in [-0.2, 0) is 5.41 Å². The Bertz CT molecular complexity index is 3580. The number of aromatic nitrogens is 1.